The summed E-state index contributed by atoms with van der Waals surface area (Å²) in [6.45, 7) is 0. The molecule has 10 heteroatoms. The summed E-state index contributed by atoms with van der Waals surface area (Å²) in [5, 5.41) is 10.4. The van der Waals surface area contributed by atoms with Crippen LogP contribution in [0.15, 0.2) is 6.07 Å². The molecule has 0 saturated carbocycles. The average molecular weight is 300 g/mol. The molecule has 0 aliphatic heterocycles. The molecule has 0 bridgehead atoms. The minimum atomic E-state index is -4.57. The average Bonchev–Trinajstić information content (AvgIpc) is 2.19. The molecule has 7 nitrogen and oxygen atoms in total. The number of nitro benzene ring substituents is 1. The Morgan fingerprint density at radius 1 is 1.61 bits per heavy atom. The van der Waals surface area contributed by atoms with Crippen molar-refractivity contribution in [3.63, 3.8) is 0 Å². The van der Waals surface area contributed by atoms with Crippen LogP contribution in [0.1, 0.15) is 5.56 Å². The second-order valence-electron chi connectivity index (χ2n) is 3.29. The van der Waals surface area contributed by atoms with Crippen LogP contribution >= 0.6 is 19.2 Å². The number of hydrogen-bond donors (Lipinski definition) is 2. The zero-order valence-corrected chi connectivity index (χ0v) is 10.6. The van der Waals surface area contributed by atoms with Crippen LogP contribution in [-0.2, 0) is 10.7 Å². The Bertz CT molecular complexity index is 545. The molecule has 0 fully saturated rings. The number of rotatable bonds is 4. The Kier molecular flexibility index (Phi) is 4.28. The van der Waals surface area contributed by atoms with Gasteiger partial charge in [0.2, 0.25) is 11.6 Å². The first-order valence-corrected chi connectivity index (χ1v) is 6.58. The lowest BCUT2D eigenvalue weighted by Gasteiger charge is -2.10. The van der Waals surface area contributed by atoms with E-state index in [1.165, 1.54) is 0 Å². The van der Waals surface area contributed by atoms with Gasteiger partial charge in [-0.05, 0) is 6.07 Å². The summed E-state index contributed by atoms with van der Waals surface area (Å²) in [7, 11) is -3.50. The van der Waals surface area contributed by atoms with Crippen molar-refractivity contribution in [1.29, 1.82) is 0 Å². The minimum Gasteiger partial charge on any atom is -0.489 e. The smallest absolute Gasteiger partial charge is 0.348 e. The van der Waals surface area contributed by atoms with Crippen molar-refractivity contribution >= 4 is 24.9 Å². The summed E-state index contributed by atoms with van der Waals surface area (Å²) in [6, 6.07) is 0.891. The Hall–Kier alpha value is -1.21. The van der Waals surface area contributed by atoms with Crippen molar-refractivity contribution in [2.75, 3.05) is 7.11 Å². The van der Waals surface area contributed by atoms with E-state index in [0.29, 0.717) is 0 Å². The number of hydrogen-bond acceptors (Lipinski definition) is 4. The van der Waals surface area contributed by atoms with E-state index in [4.69, 9.17) is 21.4 Å². The Morgan fingerprint density at radius 2 is 2.17 bits per heavy atom. The van der Waals surface area contributed by atoms with Gasteiger partial charge in [-0.25, -0.2) is 0 Å². The van der Waals surface area contributed by atoms with Gasteiger partial charge in [0, 0.05) is 5.56 Å². The second-order valence-corrected chi connectivity index (χ2v) is 5.35. The highest BCUT2D eigenvalue weighted by molar-refractivity contribution is 7.50. The van der Waals surface area contributed by atoms with Gasteiger partial charge in [-0.1, -0.05) is 11.6 Å². The number of methoxy groups -OCH3 is 1. The lowest BCUT2D eigenvalue weighted by molar-refractivity contribution is -0.388. The first kappa shape index (κ1) is 14.8. The maximum absolute atomic E-state index is 13.8. The largest absolute Gasteiger partial charge is 0.489 e. The summed E-state index contributed by atoms with van der Waals surface area (Å²) in [5.41, 5.74) is -1.59. The van der Waals surface area contributed by atoms with Crippen molar-refractivity contribution in [2.45, 2.75) is 6.16 Å². The fourth-order valence-electron chi connectivity index (χ4n) is 1.34. The van der Waals surface area contributed by atoms with Gasteiger partial charge in [-0.2, -0.15) is 4.39 Å². The third-order valence-corrected chi connectivity index (χ3v) is 3.02. The fraction of sp³-hybridized carbons (Fsp3) is 0.250. The van der Waals surface area contributed by atoms with Crippen molar-refractivity contribution in [3.05, 3.63) is 32.6 Å². The third-order valence-electron chi connectivity index (χ3n) is 1.99. The second kappa shape index (κ2) is 5.19. The van der Waals surface area contributed by atoms with Crippen molar-refractivity contribution in [1.82, 2.24) is 0 Å². The van der Waals surface area contributed by atoms with Crippen LogP contribution in [0, 0.1) is 15.9 Å². The van der Waals surface area contributed by atoms with E-state index in [1.54, 1.807) is 0 Å². The first-order chi connectivity index (χ1) is 8.17. The third kappa shape index (κ3) is 3.17. The maximum Gasteiger partial charge on any atom is 0.348 e. The number of halogens is 2. The van der Waals surface area contributed by atoms with Gasteiger partial charge in [0.25, 0.3) is 0 Å². The summed E-state index contributed by atoms with van der Waals surface area (Å²) < 4.78 is 29.1. The van der Waals surface area contributed by atoms with Gasteiger partial charge < -0.3 is 14.5 Å². The molecule has 0 unspecified atom stereocenters. The highest BCUT2D eigenvalue weighted by atomic mass is 35.5. The van der Waals surface area contributed by atoms with Crippen LogP contribution in [0.5, 0.6) is 5.75 Å². The molecular formula is C8H8ClFNO6P. The Morgan fingerprint density at radius 3 is 2.56 bits per heavy atom. The zero-order chi connectivity index (χ0) is 14.1. The molecule has 1 rings (SSSR count). The van der Waals surface area contributed by atoms with E-state index in [1.807, 2.05) is 0 Å². The van der Waals surface area contributed by atoms with Crippen LogP contribution in [0.25, 0.3) is 0 Å². The van der Waals surface area contributed by atoms with Crippen LogP contribution in [0.2, 0.25) is 5.02 Å². The topological polar surface area (TPSA) is 110 Å². The van der Waals surface area contributed by atoms with Crippen molar-refractivity contribution in [3.8, 4) is 5.75 Å². The molecule has 1 aromatic rings. The summed E-state index contributed by atoms with van der Waals surface area (Å²) >= 11 is 5.63. The predicted molar refractivity (Wildman–Crippen MR) is 60.4 cm³/mol. The Balaban J connectivity index is 3.49. The zero-order valence-electron chi connectivity index (χ0n) is 8.96. The molecule has 0 spiro atoms. The van der Waals surface area contributed by atoms with E-state index in [-0.39, 0.29) is 5.02 Å². The van der Waals surface area contributed by atoms with Gasteiger partial charge in [0.05, 0.1) is 23.2 Å². The van der Waals surface area contributed by atoms with E-state index >= 15 is 0 Å². The van der Waals surface area contributed by atoms with E-state index in [0.717, 1.165) is 13.2 Å². The van der Waals surface area contributed by atoms with Crippen LogP contribution in [-0.4, -0.2) is 21.8 Å². The lowest BCUT2D eigenvalue weighted by atomic mass is 10.2. The standard InChI is InChI=1S/C8H8ClFNO6P/c1-17-8-5(9)2-4(3-18(14,15)16)6(10)7(8)11(12)13/h2H,3H2,1H3,(H2,14,15,16). The minimum absolute atomic E-state index is 0.297. The van der Waals surface area contributed by atoms with E-state index < -0.39 is 41.5 Å². The molecular weight excluding hydrogens is 292 g/mol. The molecule has 18 heavy (non-hydrogen) atoms. The fourth-order valence-corrected chi connectivity index (χ4v) is 2.31. The molecule has 0 saturated heterocycles. The molecule has 0 amide bonds. The lowest BCUT2D eigenvalue weighted by Crippen LogP contribution is -2.02. The normalized spacial score (nSPS) is 11.4. The van der Waals surface area contributed by atoms with Gasteiger partial charge in [-0.15, -0.1) is 0 Å². The predicted octanol–water partition coefficient (Wildman–Crippen LogP) is 2.07. The molecule has 0 atom stereocenters. The molecule has 0 radical (unpaired) electrons. The molecule has 0 aliphatic carbocycles. The first-order valence-electron chi connectivity index (χ1n) is 4.41. The van der Waals surface area contributed by atoms with Gasteiger partial charge in [0.15, 0.2) is 0 Å². The quantitative estimate of drug-likeness (QED) is 0.500. The Labute approximate surface area is 105 Å². The molecule has 100 valence electrons. The van der Waals surface area contributed by atoms with Gasteiger partial charge >= 0.3 is 13.3 Å². The van der Waals surface area contributed by atoms with Crippen LogP contribution < -0.4 is 4.74 Å². The van der Waals surface area contributed by atoms with E-state index in [9.17, 15) is 19.1 Å². The van der Waals surface area contributed by atoms with Crippen molar-refractivity contribution < 1.29 is 28.4 Å². The van der Waals surface area contributed by atoms with Crippen LogP contribution in [0.3, 0.4) is 0 Å². The number of benzene rings is 1. The molecule has 0 aliphatic rings. The summed E-state index contributed by atoms with van der Waals surface area (Å²) in [6.07, 6.45) is -0.983. The van der Waals surface area contributed by atoms with Gasteiger partial charge in [-0.3, -0.25) is 14.7 Å². The highest BCUT2D eigenvalue weighted by Crippen LogP contribution is 2.45. The maximum atomic E-state index is 13.8. The highest BCUT2D eigenvalue weighted by Gasteiger charge is 2.30. The SMILES string of the molecule is COc1c(Cl)cc(CP(=O)(O)O)c(F)c1[N+](=O)[O-]. The number of nitrogens with zero attached hydrogens (tertiary/aromatic N) is 1. The molecule has 2 N–H and O–H groups in total. The van der Waals surface area contributed by atoms with Crippen molar-refractivity contribution in [2.24, 2.45) is 0 Å². The molecule has 0 aromatic heterocycles. The molecule has 1 aromatic carbocycles. The summed E-state index contributed by atoms with van der Waals surface area (Å²) in [4.78, 5) is 27.1. The van der Waals surface area contributed by atoms with Gasteiger partial charge in [0.1, 0.15) is 0 Å². The van der Waals surface area contributed by atoms with Crippen LogP contribution in [0.4, 0.5) is 10.1 Å². The number of ether oxygens (including phenoxy) is 1. The monoisotopic (exact) mass is 299 g/mol. The number of nitro groups is 1. The summed E-state index contributed by atoms with van der Waals surface area (Å²) in [5.74, 6) is -1.86. The molecule has 0 heterocycles. The van der Waals surface area contributed by atoms with E-state index in [2.05, 4.69) is 4.74 Å².